The summed E-state index contributed by atoms with van der Waals surface area (Å²) in [4.78, 5) is 0. The van der Waals surface area contributed by atoms with Crippen molar-refractivity contribution in [1.82, 2.24) is 5.32 Å². The van der Waals surface area contributed by atoms with Gasteiger partial charge in [-0.25, -0.2) is 0 Å². The minimum atomic E-state index is 0.0691. The van der Waals surface area contributed by atoms with E-state index in [-0.39, 0.29) is 12.1 Å². The Morgan fingerprint density at radius 3 is 2.71 bits per heavy atom. The number of benzene rings is 2. The number of para-hydroxylation sites is 1. The topological polar surface area (TPSA) is 21.3 Å². The number of fused-ring (bicyclic) bond motifs is 1. The van der Waals surface area contributed by atoms with Crippen LogP contribution in [0.2, 0.25) is 10.0 Å². The third-order valence-electron chi connectivity index (χ3n) is 3.77. The predicted molar refractivity (Wildman–Crippen MR) is 87.4 cm³/mol. The number of hydrogen-bond donors (Lipinski definition) is 1. The van der Waals surface area contributed by atoms with E-state index in [0.29, 0.717) is 10.0 Å². The summed E-state index contributed by atoms with van der Waals surface area (Å²) in [6.45, 7) is 2.95. The molecule has 110 valence electrons. The van der Waals surface area contributed by atoms with Gasteiger partial charge in [0.15, 0.2) is 0 Å². The van der Waals surface area contributed by atoms with Crippen LogP contribution in [-0.4, -0.2) is 12.6 Å². The van der Waals surface area contributed by atoms with E-state index >= 15 is 0 Å². The Balaban J connectivity index is 1.87. The molecule has 0 saturated carbocycles. The summed E-state index contributed by atoms with van der Waals surface area (Å²) >= 11 is 12.2. The largest absolute Gasteiger partial charge is 0.488 e. The zero-order valence-electron chi connectivity index (χ0n) is 11.8. The van der Waals surface area contributed by atoms with Crippen molar-refractivity contribution in [3.05, 3.63) is 63.6 Å². The zero-order valence-corrected chi connectivity index (χ0v) is 13.3. The molecule has 3 rings (SSSR count). The first-order chi connectivity index (χ1) is 10.2. The van der Waals surface area contributed by atoms with Crippen molar-refractivity contribution in [2.75, 3.05) is 6.54 Å². The Kier molecular flexibility index (Phi) is 4.39. The van der Waals surface area contributed by atoms with Crippen LogP contribution in [0.5, 0.6) is 5.75 Å². The van der Waals surface area contributed by atoms with Crippen molar-refractivity contribution in [3.63, 3.8) is 0 Å². The third-order valence-corrected chi connectivity index (χ3v) is 4.51. The molecule has 2 nitrogen and oxygen atoms in total. The van der Waals surface area contributed by atoms with Gasteiger partial charge in [0.25, 0.3) is 0 Å². The van der Waals surface area contributed by atoms with Crippen LogP contribution in [0.4, 0.5) is 0 Å². The molecule has 0 saturated heterocycles. The number of hydrogen-bond acceptors (Lipinski definition) is 2. The van der Waals surface area contributed by atoms with Gasteiger partial charge in [0.2, 0.25) is 0 Å². The molecule has 0 fully saturated rings. The molecular weight excluding hydrogens is 305 g/mol. The molecule has 1 aliphatic heterocycles. The number of halogens is 2. The maximum Gasteiger partial charge on any atom is 0.123 e. The average molecular weight is 322 g/mol. The number of likely N-dealkylation sites (N-methyl/N-ethyl adjacent to an activating group) is 1. The van der Waals surface area contributed by atoms with E-state index < -0.39 is 0 Å². The summed E-state index contributed by atoms with van der Waals surface area (Å²) in [5.74, 6) is 0.977. The van der Waals surface area contributed by atoms with Crippen molar-refractivity contribution in [2.24, 2.45) is 0 Å². The highest BCUT2D eigenvalue weighted by Gasteiger charge is 2.31. The van der Waals surface area contributed by atoms with Gasteiger partial charge in [0.05, 0.1) is 16.1 Å². The lowest BCUT2D eigenvalue weighted by molar-refractivity contribution is 0.180. The Morgan fingerprint density at radius 1 is 1.19 bits per heavy atom. The van der Waals surface area contributed by atoms with Gasteiger partial charge in [0, 0.05) is 6.42 Å². The highest BCUT2D eigenvalue weighted by atomic mass is 35.5. The first kappa shape index (κ1) is 14.7. The van der Waals surface area contributed by atoms with Crippen LogP contribution in [0.25, 0.3) is 0 Å². The minimum Gasteiger partial charge on any atom is -0.488 e. The second-order valence-corrected chi connectivity index (χ2v) is 5.99. The van der Waals surface area contributed by atoms with Gasteiger partial charge in [-0.3, -0.25) is 0 Å². The molecule has 0 bridgehead atoms. The summed E-state index contributed by atoms with van der Waals surface area (Å²) in [7, 11) is 0. The highest BCUT2D eigenvalue weighted by molar-refractivity contribution is 6.42. The van der Waals surface area contributed by atoms with E-state index in [9.17, 15) is 0 Å². The van der Waals surface area contributed by atoms with Gasteiger partial charge in [-0.1, -0.05) is 54.4 Å². The molecule has 1 heterocycles. The molecule has 2 atom stereocenters. The summed E-state index contributed by atoms with van der Waals surface area (Å²) in [6.07, 6.45) is 0.966. The molecule has 2 aromatic carbocycles. The van der Waals surface area contributed by atoms with Crippen molar-refractivity contribution in [1.29, 1.82) is 0 Å². The van der Waals surface area contributed by atoms with Gasteiger partial charge in [-0.15, -0.1) is 0 Å². The maximum atomic E-state index is 6.15. The molecular formula is C17H17Cl2NO. The predicted octanol–water partition coefficient (Wildman–Crippen LogP) is 4.65. The lowest BCUT2D eigenvalue weighted by Gasteiger charge is -2.25. The van der Waals surface area contributed by atoms with Gasteiger partial charge < -0.3 is 10.1 Å². The Hall–Kier alpha value is -1.22. The molecule has 2 unspecified atom stereocenters. The van der Waals surface area contributed by atoms with Crippen LogP contribution >= 0.6 is 23.2 Å². The smallest absolute Gasteiger partial charge is 0.123 e. The summed E-state index contributed by atoms with van der Waals surface area (Å²) in [6, 6.07) is 14.1. The van der Waals surface area contributed by atoms with Crippen molar-refractivity contribution in [3.8, 4) is 5.75 Å². The van der Waals surface area contributed by atoms with Gasteiger partial charge >= 0.3 is 0 Å². The van der Waals surface area contributed by atoms with E-state index in [1.807, 2.05) is 36.4 Å². The SMILES string of the molecule is CCNC(c1ccc(Cl)c(Cl)c1)C1Cc2ccccc2O1. The molecule has 2 aromatic rings. The molecule has 0 amide bonds. The Labute approximate surface area is 135 Å². The quantitative estimate of drug-likeness (QED) is 0.885. The van der Waals surface area contributed by atoms with Crippen LogP contribution in [0.3, 0.4) is 0 Å². The lowest BCUT2D eigenvalue weighted by atomic mass is 9.97. The van der Waals surface area contributed by atoms with Crippen LogP contribution in [0, 0.1) is 0 Å². The molecule has 0 aliphatic carbocycles. The number of rotatable bonds is 4. The second-order valence-electron chi connectivity index (χ2n) is 5.18. The first-order valence-electron chi connectivity index (χ1n) is 7.12. The van der Waals surface area contributed by atoms with E-state index in [1.165, 1.54) is 5.56 Å². The fourth-order valence-corrected chi connectivity index (χ4v) is 3.09. The first-order valence-corrected chi connectivity index (χ1v) is 7.87. The maximum absolute atomic E-state index is 6.15. The van der Waals surface area contributed by atoms with Crippen molar-refractivity contribution in [2.45, 2.75) is 25.5 Å². The van der Waals surface area contributed by atoms with Crippen LogP contribution in [-0.2, 0) is 6.42 Å². The monoisotopic (exact) mass is 321 g/mol. The molecule has 1 aliphatic rings. The van der Waals surface area contributed by atoms with Gasteiger partial charge in [-0.05, 0) is 35.9 Å². The normalized spacial score (nSPS) is 18.1. The number of nitrogens with one attached hydrogen (secondary N) is 1. The molecule has 4 heteroatoms. The van der Waals surface area contributed by atoms with Crippen LogP contribution < -0.4 is 10.1 Å². The fraction of sp³-hybridized carbons (Fsp3) is 0.294. The van der Waals surface area contributed by atoms with Gasteiger partial charge in [-0.2, -0.15) is 0 Å². The molecule has 1 N–H and O–H groups in total. The van der Waals surface area contributed by atoms with E-state index in [0.717, 1.165) is 24.3 Å². The number of ether oxygens (including phenoxy) is 1. The Morgan fingerprint density at radius 2 is 2.00 bits per heavy atom. The van der Waals surface area contributed by atoms with E-state index in [2.05, 4.69) is 18.3 Å². The summed E-state index contributed by atoms with van der Waals surface area (Å²) < 4.78 is 6.11. The van der Waals surface area contributed by atoms with Gasteiger partial charge in [0.1, 0.15) is 11.9 Å². The average Bonchev–Trinajstić information content (AvgIpc) is 2.91. The summed E-state index contributed by atoms with van der Waals surface area (Å²) in [5.41, 5.74) is 2.36. The lowest BCUT2D eigenvalue weighted by Crippen LogP contribution is -2.34. The van der Waals surface area contributed by atoms with Crippen LogP contribution in [0.1, 0.15) is 24.1 Å². The fourth-order valence-electron chi connectivity index (χ4n) is 2.78. The molecule has 0 radical (unpaired) electrons. The molecule has 21 heavy (non-hydrogen) atoms. The van der Waals surface area contributed by atoms with E-state index in [4.69, 9.17) is 27.9 Å². The van der Waals surface area contributed by atoms with Crippen LogP contribution in [0.15, 0.2) is 42.5 Å². The second kappa shape index (κ2) is 6.27. The van der Waals surface area contributed by atoms with E-state index in [1.54, 1.807) is 0 Å². The minimum absolute atomic E-state index is 0.0691. The molecule has 0 spiro atoms. The van der Waals surface area contributed by atoms with Crippen molar-refractivity contribution >= 4 is 23.2 Å². The zero-order chi connectivity index (χ0) is 14.8. The van der Waals surface area contributed by atoms with Crippen molar-refractivity contribution < 1.29 is 4.74 Å². The standard InChI is InChI=1S/C17H17Cl2NO/c1-2-20-17(12-7-8-13(18)14(19)9-12)16-10-11-5-3-4-6-15(11)21-16/h3-9,16-17,20H,2,10H2,1H3. The highest BCUT2D eigenvalue weighted by Crippen LogP contribution is 2.35. The summed E-state index contributed by atoms with van der Waals surface area (Å²) in [5, 5.41) is 4.65. The third kappa shape index (κ3) is 3.03. The molecule has 0 aromatic heterocycles. The Bertz CT molecular complexity index is 619.